The summed E-state index contributed by atoms with van der Waals surface area (Å²) in [5, 5.41) is 0. The minimum Gasteiger partial charge on any atom is -0.313 e. The Kier molecular flexibility index (Phi) is 7.12. The van der Waals surface area contributed by atoms with Gasteiger partial charge in [-0.15, -0.1) is 0 Å². The van der Waals surface area contributed by atoms with Gasteiger partial charge in [0.25, 0.3) is 0 Å². The van der Waals surface area contributed by atoms with E-state index < -0.39 is 23.3 Å². The number of rotatable bonds is 7. The largest absolute Gasteiger partial charge is 0.416 e. The molecule has 0 saturated heterocycles. The number of halogens is 3. The number of para-hydroxylation sites is 1. The van der Waals surface area contributed by atoms with Crippen molar-refractivity contribution in [2.75, 3.05) is 9.80 Å². The summed E-state index contributed by atoms with van der Waals surface area (Å²) < 4.78 is 42.4. The number of pyridine rings is 1. The third-order valence-electron chi connectivity index (χ3n) is 9.19. The maximum atomic E-state index is 14.1. The molecule has 0 amide bonds. The van der Waals surface area contributed by atoms with Crippen LogP contribution in [0.15, 0.2) is 97.2 Å². The number of unbranched alkanes of at least 4 members (excludes halogenated alkanes) is 1. The number of alkyl halides is 3. The second-order valence-electron chi connectivity index (χ2n) is 11.3. The van der Waals surface area contributed by atoms with E-state index in [0.29, 0.717) is 11.5 Å². The zero-order chi connectivity index (χ0) is 29.6. The van der Waals surface area contributed by atoms with Crippen LogP contribution in [0.2, 0.25) is 0 Å². The van der Waals surface area contributed by atoms with Gasteiger partial charge in [0.05, 0.1) is 11.3 Å². The molecule has 3 aromatic carbocycles. The van der Waals surface area contributed by atoms with Crippen molar-refractivity contribution in [3.63, 3.8) is 0 Å². The summed E-state index contributed by atoms with van der Waals surface area (Å²) in [5.74, 6) is 0.642. The third kappa shape index (κ3) is 4.31. The summed E-state index contributed by atoms with van der Waals surface area (Å²) in [7, 11) is 0. The Morgan fingerprint density at radius 1 is 0.881 bits per heavy atom. The van der Waals surface area contributed by atoms with Gasteiger partial charge in [-0.05, 0) is 78.3 Å². The molecule has 1 aromatic heterocycles. The highest BCUT2D eigenvalue weighted by molar-refractivity contribution is 5.98. The quantitative estimate of drug-likeness (QED) is 0.207. The Labute approximate surface area is 246 Å². The lowest BCUT2D eigenvalue weighted by Gasteiger charge is -2.49. The van der Waals surface area contributed by atoms with Gasteiger partial charge >= 0.3 is 6.18 Å². The predicted octanol–water partition coefficient (Wildman–Crippen LogP) is 10.4. The smallest absolute Gasteiger partial charge is 0.313 e. The van der Waals surface area contributed by atoms with E-state index in [2.05, 4.69) is 62.1 Å². The van der Waals surface area contributed by atoms with Crippen LogP contribution in [0.25, 0.3) is 11.1 Å². The SMILES string of the molecule is C=C1C2N(c3cc(C(F)(F)F)ccc3C1(CC)CC)c1nccc(-c3cccc(CCCC)c3)c1N2c1ccccc1. The van der Waals surface area contributed by atoms with Crippen molar-refractivity contribution in [2.45, 2.75) is 70.6 Å². The molecule has 0 bridgehead atoms. The van der Waals surface area contributed by atoms with Gasteiger partial charge in [0.2, 0.25) is 0 Å². The van der Waals surface area contributed by atoms with E-state index in [4.69, 9.17) is 11.6 Å². The van der Waals surface area contributed by atoms with E-state index in [-0.39, 0.29) is 0 Å². The first-order chi connectivity index (χ1) is 20.2. The predicted molar refractivity (Wildman–Crippen MR) is 166 cm³/mol. The van der Waals surface area contributed by atoms with Crippen LogP contribution < -0.4 is 9.80 Å². The number of benzene rings is 3. The fourth-order valence-electron chi connectivity index (χ4n) is 6.95. The van der Waals surface area contributed by atoms with Crippen LogP contribution in [0.1, 0.15) is 63.1 Å². The maximum Gasteiger partial charge on any atom is 0.416 e. The fraction of sp³-hybridized carbons (Fsp3) is 0.306. The van der Waals surface area contributed by atoms with Gasteiger partial charge in [-0.1, -0.05) is 82.3 Å². The van der Waals surface area contributed by atoms with Crippen molar-refractivity contribution in [1.82, 2.24) is 4.98 Å². The normalized spacial score (nSPS) is 17.2. The van der Waals surface area contributed by atoms with Crippen LogP contribution in [0.4, 0.5) is 36.1 Å². The van der Waals surface area contributed by atoms with E-state index >= 15 is 0 Å². The van der Waals surface area contributed by atoms with Crippen LogP contribution in [0, 0.1) is 0 Å². The Balaban J connectivity index is 1.65. The van der Waals surface area contributed by atoms with E-state index in [1.165, 1.54) is 17.7 Å². The molecule has 4 aromatic rings. The summed E-state index contributed by atoms with van der Waals surface area (Å²) in [6, 6.07) is 24.9. The maximum absolute atomic E-state index is 14.1. The number of fused-ring (bicyclic) bond motifs is 5. The molecule has 0 N–H and O–H groups in total. The number of anilines is 4. The molecule has 216 valence electrons. The highest BCUT2D eigenvalue weighted by Gasteiger charge is 2.53. The van der Waals surface area contributed by atoms with Crippen molar-refractivity contribution < 1.29 is 13.2 Å². The molecule has 0 fully saturated rings. The monoisotopic (exact) mass is 567 g/mol. The molecule has 6 rings (SSSR count). The molecule has 0 spiro atoms. The summed E-state index contributed by atoms with van der Waals surface area (Å²) in [6.45, 7) is 11.1. The zero-order valence-electron chi connectivity index (χ0n) is 24.4. The topological polar surface area (TPSA) is 19.4 Å². The summed E-state index contributed by atoms with van der Waals surface area (Å²) >= 11 is 0. The fourth-order valence-corrected chi connectivity index (χ4v) is 6.95. The van der Waals surface area contributed by atoms with Gasteiger partial charge in [0, 0.05) is 28.6 Å². The molecule has 0 saturated carbocycles. The molecule has 3 heterocycles. The van der Waals surface area contributed by atoms with Crippen molar-refractivity contribution in [3.8, 4) is 11.1 Å². The Morgan fingerprint density at radius 2 is 1.64 bits per heavy atom. The number of hydrogen-bond donors (Lipinski definition) is 0. The Morgan fingerprint density at radius 3 is 2.33 bits per heavy atom. The molecule has 42 heavy (non-hydrogen) atoms. The molecule has 2 aliphatic heterocycles. The molecule has 0 radical (unpaired) electrons. The van der Waals surface area contributed by atoms with E-state index in [9.17, 15) is 13.2 Å². The number of aromatic nitrogens is 1. The molecule has 1 unspecified atom stereocenters. The molecule has 1 atom stereocenters. The van der Waals surface area contributed by atoms with Crippen LogP contribution in [-0.2, 0) is 18.0 Å². The first-order valence-electron chi connectivity index (χ1n) is 14.9. The van der Waals surface area contributed by atoms with Gasteiger partial charge in [-0.25, -0.2) is 4.98 Å². The lowest BCUT2D eigenvalue weighted by atomic mass is 9.66. The summed E-state index contributed by atoms with van der Waals surface area (Å²) in [4.78, 5) is 9.09. The third-order valence-corrected chi connectivity index (χ3v) is 9.19. The highest BCUT2D eigenvalue weighted by Crippen LogP contribution is 2.60. The van der Waals surface area contributed by atoms with E-state index in [1.807, 2.05) is 29.2 Å². The van der Waals surface area contributed by atoms with E-state index in [0.717, 1.165) is 65.7 Å². The molecule has 0 aliphatic carbocycles. The van der Waals surface area contributed by atoms with Crippen LogP contribution in [-0.4, -0.2) is 11.1 Å². The Bertz CT molecular complexity index is 1620. The number of nitrogens with zero attached hydrogens (tertiary/aromatic N) is 3. The van der Waals surface area contributed by atoms with Crippen LogP contribution in [0.5, 0.6) is 0 Å². The van der Waals surface area contributed by atoms with E-state index in [1.54, 1.807) is 12.3 Å². The second-order valence-corrected chi connectivity index (χ2v) is 11.3. The first kappa shape index (κ1) is 28.1. The van der Waals surface area contributed by atoms with Gasteiger partial charge in [-0.2, -0.15) is 13.2 Å². The van der Waals surface area contributed by atoms with Crippen molar-refractivity contribution in [1.29, 1.82) is 0 Å². The molecular formula is C36H36F3N3. The highest BCUT2D eigenvalue weighted by atomic mass is 19.4. The van der Waals surface area contributed by atoms with Crippen molar-refractivity contribution in [2.24, 2.45) is 0 Å². The average molecular weight is 568 g/mol. The van der Waals surface area contributed by atoms with Crippen LogP contribution >= 0.6 is 0 Å². The average Bonchev–Trinajstić information content (AvgIpc) is 3.36. The lowest BCUT2D eigenvalue weighted by Crippen LogP contribution is -2.50. The minimum absolute atomic E-state index is 0.435. The standard InChI is InChI=1S/C36H36F3N3/c1-5-8-13-25-14-12-15-26(22-25)29-20-21-40-33-32(29)41(28-16-10-9-11-17-28)34-24(4)35(6-2,7-3)30-19-18-27(36(37,38)39)23-31(30)42(33)34/h9-12,14-23,34H,4-8,13H2,1-3H3. The minimum atomic E-state index is -4.46. The number of aryl methyl sites for hydroxylation is 1. The van der Waals surface area contributed by atoms with Gasteiger partial charge in [-0.3, -0.25) is 4.90 Å². The van der Waals surface area contributed by atoms with Gasteiger partial charge in [0.15, 0.2) is 5.82 Å². The molecule has 2 aliphatic rings. The second kappa shape index (κ2) is 10.6. The number of hydrogen-bond acceptors (Lipinski definition) is 3. The van der Waals surface area contributed by atoms with Crippen molar-refractivity contribution in [3.05, 3.63) is 114 Å². The molecule has 6 heteroatoms. The Hall–Kier alpha value is -4.06. The van der Waals surface area contributed by atoms with Crippen molar-refractivity contribution >= 4 is 22.9 Å². The first-order valence-corrected chi connectivity index (χ1v) is 14.9. The molecular weight excluding hydrogens is 531 g/mol. The summed E-state index contributed by atoms with van der Waals surface area (Å²) in [6.07, 6.45) is 1.55. The lowest BCUT2D eigenvalue weighted by molar-refractivity contribution is -0.137. The van der Waals surface area contributed by atoms with Gasteiger partial charge in [0.1, 0.15) is 6.17 Å². The summed E-state index contributed by atoms with van der Waals surface area (Å²) in [5.41, 5.74) is 6.39. The van der Waals surface area contributed by atoms with Gasteiger partial charge < -0.3 is 4.90 Å². The van der Waals surface area contributed by atoms with Crippen LogP contribution in [0.3, 0.4) is 0 Å². The molecule has 3 nitrogen and oxygen atoms in total. The zero-order valence-corrected chi connectivity index (χ0v) is 24.4.